The number of hydrogen-bond acceptors (Lipinski definition) is 4. The first-order valence-corrected chi connectivity index (χ1v) is 6.06. The lowest BCUT2D eigenvalue weighted by molar-refractivity contribution is 0.0602. The maximum absolute atomic E-state index is 13.2. The van der Waals surface area contributed by atoms with Crippen molar-refractivity contribution >= 4 is 23.3 Å². The summed E-state index contributed by atoms with van der Waals surface area (Å²) in [5, 5.41) is 2.52. The number of carbonyl (C=O) groups is 2. The molecule has 0 aliphatic carbocycles. The Morgan fingerprint density at radius 1 is 1.14 bits per heavy atom. The summed E-state index contributed by atoms with van der Waals surface area (Å²) in [4.78, 5) is 23.8. The van der Waals surface area contributed by atoms with Crippen LogP contribution < -0.4 is 11.1 Å². The molecular formula is C15H13FN2O3. The van der Waals surface area contributed by atoms with Crippen molar-refractivity contribution in [3.8, 4) is 0 Å². The predicted molar refractivity (Wildman–Crippen MR) is 76.5 cm³/mol. The minimum absolute atomic E-state index is 0.00494. The molecule has 0 saturated carbocycles. The summed E-state index contributed by atoms with van der Waals surface area (Å²) >= 11 is 0. The first-order valence-electron chi connectivity index (χ1n) is 6.06. The van der Waals surface area contributed by atoms with Crippen molar-refractivity contribution in [2.45, 2.75) is 0 Å². The molecule has 0 heterocycles. The van der Waals surface area contributed by atoms with Crippen LogP contribution in [0, 0.1) is 5.82 Å². The number of amides is 1. The predicted octanol–water partition coefficient (Wildman–Crippen LogP) is 2.45. The van der Waals surface area contributed by atoms with Crippen LogP contribution in [0.4, 0.5) is 15.8 Å². The number of hydrogen-bond donors (Lipinski definition) is 2. The van der Waals surface area contributed by atoms with Gasteiger partial charge in [-0.15, -0.1) is 0 Å². The average molecular weight is 288 g/mol. The Morgan fingerprint density at radius 2 is 1.86 bits per heavy atom. The SMILES string of the molecule is COC(=O)c1ccccc1NC(=O)c1cc(F)ccc1N. The maximum atomic E-state index is 13.2. The van der Waals surface area contributed by atoms with Gasteiger partial charge in [0, 0.05) is 5.69 Å². The van der Waals surface area contributed by atoms with Gasteiger partial charge in [-0.1, -0.05) is 12.1 Å². The molecule has 0 aromatic heterocycles. The fourth-order valence-corrected chi connectivity index (χ4v) is 1.79. The van der Waals surface area contributed by atoms with Crippen molar-refractivity contribution in [1.29, 1.82) is 0 Å². The van der Waals surface area contributed by atoms with E-state index in [-0.39, 0.29) is 22.5 Å². The number of para-hydroxylation sites is 1. The highest BCUT2D eigenvalue weighted by atomic mass is 19.1. The highest BCUT2D eigenvalue weighted by Crippen LogP contribution is 2.19. The number of carbonyl (C=O) groups excluding carboxylic acids is 2. The zero-order valence-electron chi connectivity index (χ0n) is 11.2. The molecule has 3 N–H and O–H groups in total. The second-order valence-corrected chi connectivity index (χ2v) is 4.22. The minimum atomic E-state index is -0.608. The first kappa shape index (κ1) is 14.5. The second kappa shape index (κ2) is 6.04. The Morgan fingerprint density at radius 3 is 2.57 bits per heavy atom. The molecule has 2 aromatic carbocycles. The molecule has 0 bridgehead atoms. The zero-order chi connectivity index (χ0) is 15.4. The molecule has 0 atom stereocenters. The van der Waals surface area contributed by atoms with Gasteiger partial charge in [-0.3, -0.25) is 4.79 Å². The highest BCUT2D eigenvalue weighted by Gasteiger charge is 2.16. The van der Waals surface area contributed by atoms with E-state index in [2.05, 4.69) is 10.1 Å². The molecule has 21 heavy (non-hydrogen) atoms. The second-order valence-electron chi connectivity index (χ2n) is 4.22. The Kier molecular flexibility index (Phi) is 4.18. The number of rotatable bonds is 3. The summed E-state index contributed by atoms with van der Waals surface area (Å²) in [6.45, 7) is 0. The summed E-state index contributed by atoms with van der Waals surface area (Å²) in [6, 6.07) is 9.84. The summed E-state index contributed by atoms with van der Waals surface area (Å²) in [5.41, 5.74) is 6.25. The number of benzene rings is 2. The summed E-state index contributed by atoms with van der Waals surface area (Å²) in [6.07, 6.45) is 0. The monoisotopic (exact) mass is 288 g/mol. The number of methoxy groups -OCH3 is 1. The van der Waals surface area contributed by atoms with Gasteiger partial charge >= 0.3 is 5.97 Å². The quantitative estimate of drug-likeness (QED) is 0.671. The molecule has 1 amide bonds. The van der Waals surface area contributed by atoms with Crippen LogP contribution in [0.15, 0.2) is 42.5 Å². The van der Waals surface area contributed by atoms with E-state index in [1.165, 1.54) is 19.2 Å². The first-order chi connectivity index (χ1) is 10.0. The lowest BCUT2D eigenvalue weighted by atomic mass is 10.1. The number of ether oxygens (including phenoxy) is 1. The molecule has 0 saturated heterocycles. The van der Waals surface area contributed by atoms with E-state index < -0.39 is 17.7 Å². The van der Waals surface area contributed by atoms with Crippen molar-refractivity contribution < 1.29 is 18.7 Å². The fraction of sp³-hybridized carbons (Fsp3) is 0.0667. The van der Waals surface area contributed by atoms with Crippen LogP contribution in [0.2, 0.25) is 0 Å². The van der Waals surface area contributed by atoms with E-state index in [9.17, 15) is 14.0 Å². The van der Waals surface area contributed by atoms with E-state index in [0.717, 1.165) is 12.1 Å². The van der Waals surface area contributed by atoms with Crippen LogP contribution in [0.3, 0.4) is 0 Å². The zero-order valence-corrected chi connectivity index (χ0v) is 11.2. The van der Waals surface area contributed by atoms with Crippen LogP contribution in [0.1, 0.15) is 20.7 Å². The normalized spacial score (nSPS) is 10.0. The number of nitrogens with two attached hydrogens (primary N) is 1. The standard InChI is InChI=1S/C15H13FN2O3/c1-21-15(20)10-4-2-3-5-13(10)18-14(19)11-8-9(16)6-7-12(11)17/h2-8H,17H2,1H3,(H,18,19). The number of esters is 1. The molecule has 2 aromatic rings. The van der Waals surface area contributed by atoms with Crippen LogP contribution in [0.5, 0.6) is 0 Å². The molecule has 0 unspecified atom stereocenters. The lowest BCUT2D eigenvalue weighted by Crippen LogP contribution is -2.17. The molecule has 108 valence electrons. The summed E-state index contributed by atoms with van der Waals surface area (Å²) < 4.78 is 17.8. The molecule has 0 fully saturated rings. The van der Waals surface area contributed by atoms with Gasteiger partial charge in [0.15, 0.2) is 0 Å². The van der Waals surface area contributed by atoms with Gasteiger partial charge in [-0.2, -0.15) is 0 Å². The van der Waals surface area contributed by atoms with Gasteiger partial charge in [0.25, 0.3) is 5.91 Å². The Labute approximate surface area is 120 Å². The Bertz CT molecular complexity index is 701. The molecule has 5 nitrogen and oxygen atoms in total. The maximum Gasteiger partial charge on any atom is 0.339 e. The third-order valence-electron chi connectivity index (χ3n) is 2.84. The van der Waals surface area contributed by atoms with Crippen molar-refractivity contribution in [2.75, 3.05) is 18.2 Å². The molecule has 0 aliphatic heterocycles. The largest absolute Gasteiger partial charge is 0.465 e. The number of nitrogens with one attached hydrogen (secondary N) is 1. The third kappa shape index (κ3) is 3.17. The number of anilines is 2. The minimum Gasteiger partial charge on any atom is -0.465 e. The number of nitrogen functional groups attached to an aromatic ring is 1. The molecule has 0 radical (unpaired) electrons. The van der Waals surface area contributed by atoms with E-state index in [4.69, 9.17) is 5.73 Å². The van der Waals surface area contributed by atoms with Crippen LogP contribution in [0.25, 0.3) is 0 Å². The van der Waals surface area contributed by atoms with Crippen molar-refractivity contribution in [1.82, 2.24) is 0 Å². The van der Waals surface area contributed by atoms with Gasteiger partial charge in [0.1, 0.15) is 5.82 Å². The molecular weight excluding hydrogens is 275 g/mol. The van der Waals surface area contributed by atoms with Gasteiger partial charge in [-0.25, -0.2) is 9.18 Å². The van der Waals surface area contributed by atoms with Crippen LogP contribution >= 0.6 is 0 Å². The Hall–Kier alpha value is -2.89. The van der Waals surface area contributed by atoms with Crippen molar-refractivity contribution in [2.24, 2.45) is 0 Å². The molecule has 6 heteroatoms. The molecule has 2 rings (SSSR count). The van der Waals surface area contributed by atoms with Gasteiger partial charge in [-0.05, 0) is 30.3 Å². The molecule has 0 aliphatic rings. The van der Waals surface area contributed by atoms with E-state index in [1.54, 1.807) is 18.2 Å². The van der Waals surface area contributed by atoms with Crippen molar-refractivity contribution in [3.05, 3.63) is 59.4 Å². The molecule has 0 spiro atoms. The summed E-state index contributed by atoms with van der Waals surface area (Å²) in [5.74, 6) is -1.77. The fourth-order valence-electron chi connectivity index (χ4n) is 1.79. The smallest absolute Gasteiger partial charge is 0.339 e. The number of halogens is 1. The Balaban J connectivity index is 2.32. The summed E-state index contributed by atoms with van der Waals surface area (Å²) in [7, 11) is 1.24. The van der Waals surface area contributed by atoms with E-state index >= 15 is 0 Å². The van der Waals surface area contributed by atoms with E-state index in [1.807, 2.05) is 0 Å². The topological polar surface area (TPSA) is 81.4 Å². The lowest BCUT2D eigenvalue weighted by Gasteiger charge is -2.10. The third-order valence-corrected chi connectivity index (χ3v) is 2.84. The van der Waals surface area contributed by atoms with Gasteiger partial charge < -0.3 is 15.8 Å². The highest BCUT2D eigenvalue weighted by molar-refractivity contribution is 6.10. The van der Waals surface area contributed by atoms with Gasteiger partial charge in [0.05, 0.1) is 23.9 Å². The van der Waals surface area contributed by atoms with Crippen LogP contribution in [-0.4, -0.2) is 19.0 Å². The van der Waals surface area contributed by atoms with E-state index in [0.29, 0.717) is 0 Å². The van der Waals surface area contributed by atoms with Crippen LogP contribution in [-0.2, 0) is 4.74 Å². The average Bonchev–Trinajstić information content (AvgIpc) is 2.49. The van der Waals surface area contributed by atoms with Gasteiger partial charge in [0.2, 0.25) is 0 Å². The van der Waals surface area contributed by atoms with Crippen molar-refractivity contribution in [3.63, 3.8) is 0 Å².